The van der Waals surface area contributed by atoms with Gasteiger partial charge >= 0.3 is 0 Å². The van der Waals surface area contributed by atoms with Crippen LogP contribution in [0.1, 0.15) is 0 Å². The van der Waals surface area contributed by atoms with E-state index in [1.54, 1.807) is 0 Å². The molecule has 1 heterocycles. The highest BCUT2D eigenvalue weighted by atomic mass is 32.1. The van der Waals surface area contributed by atoms with Crippen molar-refractivity contribution in [2.45, 2.75) is 29.9 Å². The Morgan fingerprint density at radius 1 is 1.29 bits per heavy atom. The largest absolute Gasteiger partial charge is 0.462 e. The molecule has 0 unspecified atom stereocenters. The van der Waals surface area contributed by atoms with Crippen molar-refractivity contribution in [1.82, 2.24) is 0 Å². The van der Waals surface area contributed by atoms with E-state index in [2.05, 4.69) is 12.6 Å². The molecule has 1 fully saturated rings. The molecule has 1 saturated heterocycles. The van der Waals surface area contributed by atoms with E-state index in [-0.39, 0.29) is 11.4 Å². The number of benzene rings is 1. The van der Waals surface area contributed by atoms with Crippen LogP contribution in [0.25, 0.3) is 0 Å². The van der Waals surface area contributed by atoms with Crippen LogP contribution in [0.4, 0.5) is 5.69 Å². The molecule has 9 heteroatoms. The van der Waals surface area contributed by atoms with Gasteiger partial charge < -0.3 is 24.8 Å². The average Bonchev–Trinajstić information content (AvgIpc) is 2.48. The maximum absolute atomic E-state index is 10.5. The molecule has 116 valence electrons. The highest BCUT2D eigenvalue weighted by molar-refractivity contribution is 7.81. The molecule has 0 amide bonds. The lowest BCUT2D eigenvalue weighted by atomic mass is 10.0. The van der Waals surface area contributed by atoms with Gasteiger partial charge in [0.1, 0.15) is 18.0 Å². The Morgan fingerprint density at radius 3 is 2.43 bits per heavy atom. The second-order valence-corrected chi connectivity index (χ2v) is 5.16. The maximum Gasteiger partial charge on any atom is 0.269 e. The molecule has 5 atom stereocenters. The van der Waals surface area contributed by atoms with Gasteiger partial charge in [-0.25, -0.2) is 0 Å². The quantitative estimate of drug-likeness (QED) is 0.342. The van der Waals surface area contributed by atoms with Crippen LogP contribution in [0.2, 0.25) is 0 Å². The van der Waals surface area contributed by atoms with Gasteiger partial charge in [-0.3, -0.25) is 10.1 Å². The van der Waals surface area contributed by atoms with Crippen molar-refractivity contribution in [2.24, 2.45) is 0 Å². The van der Waals surface area contributed by atoms with Crippen molar-refractivity contribution < 1.29 is 29.7 Å². The Morgan fingerprint density at radius 2 is 1.90 bits per heavy atom. The molecule has 0 bridgehead atoms. The van der Waals surface area contributed by atoms with Crippen molar-refractivity contribution >= 4 is 18.3 Å². The van der Waals surface area contributed by atoms with Crippen LogP contribution < -0.4 is 4.74 Å². The third-order valence-corrected chi connectivity index (χ3v) is 3.76. The molecule has 1 aromatic rings. The second-order valence-electron chi connectivity index (χ2n) is 4.57. The van der Waals surface area contributed by atoms with Crippen molar-refractivity contribution in [3.05, 3.63) is 34.4 Å². The number of hydrogen-bond donors (Lipinski definition) is 4. The fourth-order valence-corrected chi connectivity index (χ4v) is 2.28. The molecule has 0 aromatic heterocycles. The first kappa shape index (κ1) is 16.0. The van der Waals surface area contributed by atoms with Crippen LogP contribution >= 0.6 is 12.6 Å². The van der Waals surface area contributed by atoms with Gasteiger partial charge in [0.25, 0.3) is 5.69 Å². The molecule has 1 aromatic carbocycles. The molecule has 1 aliphatic rings. The molecule has 2 rings (SSSR count). The molecular weight excluding hydrogens is 302 g/mol. The number of nitrogens with zero attached hydrogens (tertiary/aromatic N) is 1. The van der Waals surface area contributed by atoms with Crippen LogP contribution in [0, 0.1) is 10.1 Å². The summed E-state index contributed by atoms with van der Waals surface area (Å²) in [5, 5.41) is 38.5. The lowest BCUT2D eigenvalue weighted by molar-refractivity contribution is -0.384. The van der Waals surface area contributed by atoms with Gasteiger partial charge in [-0.15, -0.1) is 0 Å². The minimum atomic E-state index is -1.22. The topological polar surface area (TPSA) is 122 Å². The van der Waals surface area contributed by atoms with Crippen LogP contribution in [0.3, 0.4) is 0 Å². The van der Waals surface area contributed by atoms with E-state index in [0.29, 0.717) is 0 Å². The molecule has 21 heavy (non-hydrogen) atoms. The summed E-state index contributed by atoms with van der Waals surface area (Å²) in [5.74, 6) is 0.248. The van der Waals surface area contributed by atoms with E-state index in [1.165, 1.54) is 24.3 Å². The Labute approximate surface area is 125 Å². The summed E-state index contributed by atoms with van der Waals surface area (Å²) in [7, 11) is 0. The highest BCUT2D eigenvalue weighted by Gasteiger charge is 2.43. The number of rotatable bonds is 4. The Hall–Kier alpha value is -1.39. The second kappa shape index (κ2) is 6.58. The summed E-state index contributed by atoms with van der Waals surface area (Å²) < 4.78 is 10.6. The normalized spacial score (nSPS) is 32.7. The Balaban J connectivity index is 2.08. The van der Waals surface area contributed by atoms with Gasteiger partial charge in [-0.05, 0) is 12.1 Å². The minimum Gasteiger partial charge on any atom is -0.462 e. The minimum absolute atomic E-state index is 0.0943. The number of aliphatic hydroxyl groups excluding tert-OH is 3. The summed E-state index contributed by atoms with van der Waals surface area (Å²) in [6.07, 6.45) is -4.43. The zero-order valence-corrected chi connectivity index (χ0v) is 11.7. The summed E-state index contributed by atoms with van der Waals surface area (Å²) in [6, 6.07) is 5.23. The number of aliphatic hydroxyl groups is 3. The van der Waals surface area contributed by atoms with Crippen molar-refractivity contribution in [3.8, 4) is 5.75 Å². The third kappa shape index (κ3) is 3.44. The van der Waals surface area contributed by atoms with Crippen LogP contribution in [0.5, 0.6) is 5.75 Å². The smallest absolute Gasteiger partial charge is 0.269 e. The summed E-state index contributed by atoms with van der Waals surface area (Å²) >= 11 is 4.07. The predicted molar refractivity (Wildman–Crippen MR) is 74.3 cm³/mol. The molecule has 8 nitrogen and oxygen atoms in total. The Bertz CT molecular complexity index is 495. The van der Waals surface area contributed by atoms with Gasteiger partial charge in [0.05, 0.1) is 22.9 Å². The van der Waals surface area contributed by atoms with E-state index in [9.17, 15) is 20.3 Å². The molecule has 1 aliphatic heterocycles. The number of thiol groups is 1. The third-order valence-electron chi connectivity index (χ3n) is 3.15. The zero-order valence-electron chi connectivity index (χ0n) is 10.8. The zero-order chi connectivity index (χ0) is 15.6. The van der Waals surface area contributed by atoms with E-state index in [1.807, 2.05) is 0 Å². The number of nitro groups is 1. The summed E-state index contributed by atoms with van der Waals surface area (Å²) in [5.41, 5.74) is -0.0943. The van der Waals surface area contributed by atoms with E-state index >= 15 is 0 Å². The molecule has 0 aliphatic carbocycles. The fraction of sp³-hybridized carbons (Fsp3) is 0.500. The van der Waals surface area contributed by atoms with Gasteiger partial charge in [0.2, 0.25) is 6.29 Å². The van der Waals surface area contributed by atoms with Gasteiger partial charge in [-0.1, -0.05) is 0 Å². The van der Waals surface area contributed by atoms with Crippen molar-refractivity contribution in [3.63, 3.8) is 0 Å². The average molecular weight is 317 g/mol. The van der Waals surface area contributed by atoms with Crippen molar-refractivity contribution in [2.75, 3.05) is 6.61 Å². The number of hydrogen-bond acceptors (Lipinski definition) is 8. The number of ether oxygens (including phenoxy) is 2. The first-order chi connectivity index (χ1) is 9.93. The van der Waals surface area contributed by atoms with E-state index in [4.69, 9.17) is 14.6 Å². The summed E-state index contributed by atoms with van der Waals surface area (Å²) in [4.78, 5) is 10.0. The Kier molecular flexibility index (Phi) is 5.01. The van der Waals surface area contributed by atoms with Crippen LogP contribution in [-0.2, 0) is 4.74 Å². The molecule has 3 N–H and O–H groups in total. The monoisotopic (exact) mass is 317 g/mol. The molecule has 0 radical (unpaired) electrons. The maximum atomic E-state index is 10.5. The molecule has 0 saturated carbocycles. The molecular formula is C12H15NO7S. The molecule has 0 spiro atoms. The number of nitro benzene ring substituents is 1. The van der Waals surface area contributed by atoms with Gasteiger partial charge in [0, 0.05) is 12.1 Å². The lowest BCUT2D eigenvalue weighted by Crippen LogP contribution is -2.58. The predicted octanol–water partition coefficient (Wildman–Crippen LogP) is -0.289. The van der Waals surface area contributed by atoms with Crippen LogP contribution in [0.15, 0.2) is 24.3 Å². The van der Waals surface area contributed by atoms with Crippen LogP contribution in [-0.4, -0.2) is 56.7 Å². The van der Waals surface area contributed by atoms with Crippen molar-refractivity contribution in [1.29, 1.82) is 0 Å². The standard InChI is InChI=1S/C12H15NO7S/c14-5-8-9(15)11(21)10(16)12(20-8)19-7-3-1-6(2-4-7)13(17)18/h1-4,8-12,14-16,21H,5H2/t8-,9+,10-,11+,12-/m1/s1. The SMILES string of the molecule is O=[N+]([O-])c1ccc(O[C@@H]2O[C@H](CO)[C@H](O)[C@H](S)[C@H]2O)cc1. The van der Waals surface area contributed by atoms with E-state index < -0.39 is 41.4 Å². The summed E-state index contributed by atoms with van der Waals surface area (Å²) in [6.45, 7) is -0.453. The first-order valence-electron chi connectivity index (χ1n) is 6.15. The number of non-ortho nitro benzene ring substituents is 1. The highest BCUT2D eigenvalue weighted by Crippen LogP contribution is 2.27. The van der Waals surface area contributed by atoms with Gasteiger partial charge in [-0.2, -0.15) is 12.6 Å². The lowest BCUT2D eigenvalue weighted by Gasteiger charge is -2.39. The van der Waals surface area contributed by atoms with E-state index in [0.717, 1.165) is 0 Å². The first-order valence-corrected chi connectivity index (χ1v) is 6.67. The van der Waals surface area contributed by atoms with Gasteiger partial charge in [0.15, 0.2) is 0 Å². The fourth-order valence-electron chi connectivity index (χ4n) is 1.95.